The van der Waals surface area contributed by atoms with Gasteiger partial charge < -0.3 is 15.2 Å². The molecule has 0 fully saturated rings. The summed E-state index contributed by atoms with van der Waals surface area (Å²) >= 11 is 0. The minimum Gasteiger partial charge on any atom is -0.481 e. The van der Waals surface area contributed by atoms with Crippen LogP contribution < -0.4 is 15.2 Å². The number of hydrogen-bond acceptors (Lipinski definition) is 5. The van der Waals surface area contributed by atoms with Crippen LogP contribution in [0, 0.1) is 0 Å². The van der Waals surface area contributed by atoms with Crippen LogP contribution in [0.3, 0.4) is 0 Å². The standard InChI is InChI=1S/C9H13N3O2/c1-4-5-6-7(13-2)11-9(10)12-8(6)14-3/h4H,1,5H2,2-3H3,(H2,10,11,12). The number of methoxy groups -OCH3 is 2. The van der Waals surface area contributed by atoms with Gasteiger partial charge in [0.2, 0.25) is 17.7 Å². The maximum atomic E-state index is 5.47. The minimum atomic E-state index is 0.131. The molecule has 0 unspecified atom stereocenters. The second-order valence-corrected chi connectivity index (χ2v) is 2.57. The fourth-order valence-electron chi connectivity index (χ4n) is 1.12. The summed E-state index contributed by atoms with van der Waals surface area (Å²) in [6.45, 7) is 3.63. The van der Waals surface area contributed by atoms with Crippen molar-refractivity contribution >= 4 is 5.95 Å². The lowest BCUT2D eigenvalue weighted by Gasteiger charge is -2.09. The molecule has 0 aliphatic rings. The highest BCUT2D eigenvalue weighted by Gasteiger charge is 2.12. The molecule has 2 N–H and O–H groups in total. The Morgan fingerprint density at radius 2 is 1.79 bits per heavy atom. The van der Waals surface area contributed by atoms with Gasteiger partial charge in [-0.25, -0.2) is 0 Å². The molecule has 1 rings (SSSR count). The van der Waals surface area contributed by atoms with Gasteiger partial charge in [-0.3, -0.25) is 0 Å². The Labute approximate surface area is 82.6 Å². The molecule has 0 bridgehead atoms. The van der Waals surface area contributed by atoms with E-state index < -0.39 is 0 Å². The van der Waals surface area contributed by atoms with Crippen molar-refractivity contribution in [3.63, 3.8) is 0 Å². The fraction of sp³-hybridized carbons (Fsp3) is 0.333. The monoisotopic (exact) mass is 195 g/mol. The Balaban J connectivity index is 3.24. The zero-order valence-electron chi connectivity index (χ0n) is 8.28. The minimum absolute atomic E-state index is 0.131. The molecule has 0 aliphatic heterocycles. The number of aromatic nitrogens is 2. The number of rotatable bonds is 4. The lowest BCUT2D eigenvalue weighted by molar-refractivity contribution is 0.365. The van der Waals surface area contributed by atoms with Gasteiger partial charge in [-0.1, -0.05) is 6.08 Å². The average molecular weight is 195 g/mol. The number of ether oxygens (including phenoxy) is 2. The molecule has 0 spiro atoms. The molecule has 0 saturated heterocycles. The quantitative estimate of drug-likeness (QED) is 0.720. The molecule has 76 valence electrons. The van der Waals surface area contributed by atoms with Crippen LogP contribution in [0.25, 0.3) is 0 Å². The van der Waals surface area contributed by atoms with Crippen LogP contribution in [0.4, 0.5) is 5.95 Å². The van der Waals surface area contributed by atoms with E-state index in [1.165, 1.54) is 14.2 Å². The van der Waals surface area contributed by atoms with Gasteiger partial charge >= 0.3 is 0 Å². The average Bonchev–Trinajstić information content (AvgIpc) is 2.20. The summed E-state index contributed by atoms with van der Waals surface area (Å²) in [6.07, 6.45) is 2.30. The third-order valence-electron chi connectivity index (χ3n) is 1.68. The van der Waals surface area contributed by atoms with Crippen molar-refractivity contribution in [1.29, 1.82) is 0 Å². The summed E-state index contributed by atoms with van der Waals surface area (Å²) in [7, 11) is 3.04. The topological polar surface area (TPSA) is 70.3 Å². The van der Waals surface area contributed by atoms with Crippen LogP contribution in [0.5, 0.6) is 11.8 Å². The number of hydrogen-bond donors (Lipinski definition) is 1. The molecule has 1 heterocycles. The smallest absolute Gasteiger partial charge is 0.226 e. The van der Waals surface area contributed by atoms with E-state index in [0.29, 0.717) is 18.2 Å². The van der Waals surface area contributed by atoms with E-state index in [2.05, 4.69) is 16.5 Å². The summed E-state index contributed by atoms with van der Waals surface area (Å²) in [5.74, 6) is 0.981. The SMILES string of the molecule is C=CCc1c(OC)nc(N)nc1OC. The lowest BCUT2D eigenvalue weighted by Crippen LogP contribution is -2.04. The van der Waals surface area contributed by atoms with Gasteiger partial charge in [0.05, 0.1) is 19.8 Å². The first-order valence-electron chi connectivity index (χ1n) is 4.08. The zero-order valence-corrected chi connectivity index (χ0v) is 8.28. The highest BCUT2D eigenvalue weighted by atomic mass is 16.5. The van der Waals surface area contributed by atoms with Crippen molar-refractivity contribution in [3.05, 3.63) is 18.2 Å². The highest BCUT2D eigenvalue weighted by Crippen LogP contribution is 2.26. The first-order chi connectivity index (χ1) is 6.72. The van der Waals surface area contributed by atoms with Gasteiger partial charge in [0, 0.05) is 6.42 Å². The molecule has 0 saturated carbocycles. The van der Waals surface area contributed by atoms with Crippen molar-refractivity contribution in [3.8, 4) is 11.8 Å². The van der Waals surface area contributed by atoms with E-state index in [1.54, 1.807) is 6.08 Å². The van der Waals surface area contributed by atoms with Crippen molar-refractivity contribution < 1.29 is 9.47 Å². The molecule has 1 aromatic heterocycles. The molecular weight excluding hydrogens is 182 g/mol. The number of allylic oxidation sites excluding steroid dienone is 1. The fourth-order valence-corrected chi connectivity index (χ4v) is 1.12. The Bertz CT molecular complexity index is 314. The number of anilines is 1. The number of nitrogens with zero attached hydrogens (tertiary/aromatic N) is 2. The van der Waals surface area contributed by atoms with Crippen LogP contribution in [0.2, 0.25) is 0 Å². The molecule has 14 heavy (non-hydrogen) atoms. The van der Waals surface area contributed by atoms with Crippen LogP contribution in [0.15, 0.2) is 12.7 Å². The summed E-state index contributed by atoms with van der Waals surface area (Å²) in [5, 5.41) is 0. The molecule has 0 aliphatic carbocycles. The second kappa shape index (κ2) is 4.45. The van der Waals surface area contributed by atoms with E-state index in [4.69, 9.17) is 15.2 Å². The largest absolute Gasteiger partial charge is 0.481 e. The maximum absolute atomic E-state index is 5.47. The Hall–Kier alpha value is -1.78. The first-order valence-corrected chi connectivity index (χ1v) is 4.08. The third-order valence-corrected chi connectivity index (χ3v) is 1.68. The summed E-state index contributed by atoms with van der Waals surface area (Å²) < 4.78 is 10.1. The molecule has 0 amide bonds. The van der Waals surface area contributed by atoms with Crippen LogP contribution in [-0.2, 0) is 6.42 Å². The Morgan fingerprint density at radius 3 is 2.14 bits per heavy atom. The maximum Gasteiger partial charge on any atom is 0.226 e. The van der Waals surface area contributed by atoms with E-state index in [1.807, 2.05) is 0 Å². The zero-order chi connectivity index (χ0) is 10.6. The predicted octanol–water partition coefficient (Wildman–Crippen LogP) is 0.804. The third kappa shape index (κ3) is 1.93. The van der Waals surface area contributed by atoms with Crippen molar-refractivity contribution in [2.24, 2.45) is 0 Å². The van der Waals surface area contributed by atoms with Crippen LogP contribution >= 0.6 is 0 Å². The first kappa shape index (κ1) is 10.3. The van der Waals surface area contributed by atoms with Crippen LogP contribution in [0.1, 0.15) is 5.56 Å². The van der Waals surface area contributed by atoms with Gasteiger partial charge in [-0.2, -0.15) is 9.97 Å². The lowest BCUT2D eigenvalue weighted by atomic mass is 10.2. The molecule has 0 atom stereocenters. The van der Waals surface area contributed by atoms with Gasteiger partial charge in [-0.05, 0) is 0 Å². The van der Waals surface area contributed by atoms with E-state index in [0.717, 1.165) is 5.56 Å². The van der Waals surface area contributed by atoms with Gasteiger partial charge in [0.25, 0.3) is 0 Å². The predicted molar refractivity (Wildman–Crippen MR) is 53.4 cm³/mol. The van der Waals surface area contributed by atoms with E-state index >= 15 is 0 Å². The van der Waals surface area contributed by atoms with Gasteiger partial charge in [-0.15, -0.1) is 6.58 Å². The molecule has 0 radical (unpaired) electrons. The van der Waals surface area contributed by atoms with Crippen molar-refractivity contribution in [2.75, 3.05) is 20.0 Å². The molecule has 5 nitrogen and oxygen atoms in total. The van der Waals surface area contributed by atoms with Gasteiger partial charge in [0.15, 0.2) is 0 Å². The molecule has 1 aromatic rings. The van der Waals surface area contributed by atoms with Crippen molar-refractivity contribution in [2.45, 2.75) is 6.42 Å². The summed E-state index contributed by atoms with van der Waals surface area (Å²) in [6, 6.07) is 0. The molecular formula is C9H13N3O2. The van der Waals surface area contributed by atoms with E-state index in [-0.39, 0.29) is 5.95 Å². The normalized spacial score (nSPS) is 9.57. The summed E-state index contributed by atoms with van der Waals surface area (Å²) in [4.78, 5) is 7.87. The molecule has 0 aromatic carbocycles. The number of nitrogens with two attached hydrogens (primary N) is 1. The summed E-state index contributed by atoms with van der Waals surface area (Å²) in [5.41, 5.74) is 6.22. The second-order valence-electron chi connectivity index (χ2n) is 2.57. The number of nitrogen functional groups attached to an aromatic ring is 1. The Morgan fingerprint density at radius 1 is 1.29 bits per heavy atom. The van der Waals surface area contributed by atoms with Crippen LogP contribution in [-0.4, -0.2) is 24.2 Å². The van der Waals surface area contributed by atoms with Crippen molar-refractivity contribution in [1.82, 2.24) is 9.97 Å². The molecule has 5 heteroatoms. The highest BCUT2D eigenvalue weighted by molar-refractivity contribution is 5.41. The van der Waals surface area contributed by atoms with E-state index in [9.17, 15) is 0 Å². The Kier molecular flexibility index (Phi) is 3.28. The van der Waals surface area contributed by atoms with Gasteiger partial charge in [0.1, 0.15) is 0 Å².